The van der Waals surface area contributed by atoms with Crippen molar-refractivity contribution in [2.75, 3.05) is 19.7 Å². The molecule has 0 aromatic rings. The van der Waals surface area contributed by atoms with Crippen LogP contribution in [0.5, 0.6) is 0 Å². The molecule has 2 atom stereocenters. The number of ether oxygens (including phenoxy) is 1. The monoisotopic (exact) mass is 257 g/mol. The summed E-state index contributed by atoms with van der Waals surface area (Å²) >= 11 is 0. The van der Waals surface area contributed by atoms with Crippen LogP contribution in [0, 0.1) is 11.3 Å². The minimum absolute atomic E-state index is 0.238. The van der Waals surface area contributed by atoms with Gasteiger partial charge in [0.25, 0.3) is 0 Å². The molecule has 2 unspecified atom stereocenters. The van der Waals surface area contributed by atoms with Gasteiger partial charge in [0.2, 0.25) is 5.91 Å². The number of aliphatic hydroxyl groups is 1. The lowest BCUT2D eigenvalue weighted by atomic mass is 9.80. The number of nitrogens with zero attached hydrogens (tertiary/aromatic N) is 1. The van der Waals surface area contributed by atoms with Crippen molar-refractivity contribution >= 4 is 11.9 Å². The maximum absolute atomic E-state index is 12.4. The average Bonchev–Trinajstić information content (AvgIpc) is 2.63. The van der Waals surface area contributed by atoms with E-state index < -0.39 is 23.4 Å². The summed E-state index contributed by atoms with van der Waals surface area (Å²) in [6, 6.07) is 0. The zero-order valence-electron chi connectivity index (χ0n) is 11.6. The van der Waals surface area contributed by atoms with Crippen LogP contribution in [0.25, 0.3) is 0 Å². The molecule has 1 saturated heterocycles. The maximum Gasteiger partial charge on any atom is 0.319 e. The topological polar surface area (TPSA) is 66.8 Å². The first kappa shape index (κ1) is 15.0. The highest BCUT2D eigenvalue weighted by molar-refractivity contribution is 5.98. The van der Waals surface area contributed by atoms with Gasteiger partial charge in [0, 0.05) is 13.1 Å². The van der Waals surface area contributed by atoms with E-state index in [0.717, 1.165) is 0 Å². The lowest BCUT2D eigenvalue weighted by molar-refractivity contribution is -0.160. The minimum Gasteiger partial charge on any atom is -0.465 e. The number of β-amino-alcohol motifs (C(OH)–C–C–N with tert-alkyl or cyclic N) is 1. The molecule has 0 aliphatic carbocycles. The van der Waals surface area contributed by atoms with Crippen molar-refractivity contribution in [3.05, 3.63) is 0 Å². The fraction of sp³-hybridized carbons (Fsp3) is 0.846. The van der Waals surface area contributed by atoms with Crippen LogP contribution in [-0.2, 0) is 14.3 Å². The smallest absolute Gasteiger partial charge is 0.319 e. The Bertz CT molecular complexity index is 321. The van der Waals surface area contributed by atoms with E-state index in [-0.39, 0.29) is 12.5 Å². The first-order valence-corrected chi connectivity index (χ1v) is 6.40. The molecule has 1 amide bonds. The average molecular weight is 257 g/mol. The predicted octanol–water partition coefficient (Wildman–Crippen LogP) is 0.805. The van der Waals surface area contributed by atoms with Crippen molar-refractivity contribution in [3.63, 3.8) is 0 Å². The van der Waals surface area contributed by atoms with Crippen molar-refractivity contribution < 1.29 is 19.4 Å². The Labute approximate surface area is 108 Å². The molecule has 1 aliphatic heterocycles. The molecule has 0 aromatic heterocycles. The van der Waals surface area contributed by atoms with Crippen LogP contribution in [-0.4, -0.2) is 47.7 Å². The number of rotatable bonds is 3. The Kier molecular flexibility index (Phi) is 4.73. The molecule has 1 rings (SSSR count). The van der Waals surface area contributed by atoms with Gasteiger partial charge in [0.1, 0.15) is 5.92 Å². The van der Waals surface area contributed by atoms with Gasteiger partial charge in [-0.15, -0.1) is 0 Å². The van der Waals surface area contributed by atoms with Gasteiger partial charge in [0.05, 0.1) is 12.7 Å². The van der Waals surface area contributed by atoms with Gasteiger partial charge in [-0.05, 0) is 18.8 Å². The summed E-state index contributed by atoms with van der Waals surface area (Å²) in [7, 11) is 0. The van der Waals surface area contributed by atoms with Crippen LogP contribution in [0.15, 0.2) is 0 Å². The molecule has 1 heterocycles. The molecular weight excluding hydrogens is 234 g/mol. The molecule has 1 aliphatic rings. The number of hydrogen-bond acceptors (Lipinski definition) is 4. The summed E-state index contributed by atoms with van der Waals surface area (Å²) in [5.74, 6) is -1.52. The van der Waals surface area contributed by atoms with Gasteiger partial charge in [-0.25, -0.2) is 0 Å². The van der Waals surface area contributed by atoms with E-state index in [4.69, 9.17) is 4.74 Å². The molecule has 0 saturated carbocycles. The van der Waals surface area contributed by atoms with Gasteiger partial charge in [0.15, 0.2) is 0 Å². The fourth-order valence-electron chi connectivity index (χ4n) is 2.17. The third-order valence-corrected chi connectivity index (χ3v) is 3.11. The molecule has 104 valence electrons. The van der Waals surface area contributed by atoms with Crippen LogP contribution in [0.3, 0.4) is 0 Å². The molecule has 1 fully saturated rings. The molecule has 0 radical (unpaired) electrons. The van der Waals surface area contributed by atoms with Crippen LogP contribution in [0.1, 0.15) is 34.1 Å². The highest BCUT2D eigenvalue weighted by atomic mass is 16.5. The first-order valence-electron chi connectivity index (χ1n) is 6.40. The molecule has 0 spiro atoms. The van der Waals surface area contributed by atoms with E-state index in [1.807, 2.05) is 20.8 Å². The second-order valence-corrected chi connectivity index (χ2v) is 5.78. The molecule has 18 heavy (non-hydrogen) atoms. The van der Waals surface area contributed by atoms with Gasteiger partial charge >= 0.3 is 5.97 Å². The summed E-state index contributed by atoms with van der Waals surface area (Å²) in [6.45, 7) is 8.34. The first-order chi connectivity index (χ1) is 8.27. The Hall–Kier alpha value is -1.10. The number of aliphatic hydroxyl groups excluding tert-OH is 1. The SMILES string of the molecule is CCOC(=O)C(C(=O)N1CCC(O)C1)C(C)(C)C. The third kappa shape index (κ3) is 3.45. The van der Waals surface area contributed by atoms with E-state index in [1.165, 1.54) is 0 Å². The van der Waals surface area contributed by atoms with E-state index in [1.54, 1.807) is 11.8 Å². The maximum atomic E-state index is 12.4. The summed E-state index contributed by atoms with van der Waals surface area (Å²) in [5.41, 5.74) is -0.489. The Morgan fingerprint density at radius 3 is 2.44 bits per heavy atom. The summed E-state index contributed by atoms with van der Waals surface area (Å²) in [5, 5.41) is 9.46. The normalized spacial score (nSPS) is 21.8. The van der Waals surface area contributed by atoms with Crippen LogP contribution >= 0.6 is 0 Å². The lowest BCUT2D eigenvalue weighted by Crippen LogP contribution is -2.45. The summed E-state index contributed by atoms with van der Waals surface area (Å²) in [4.78, 5) is 25.9. The lowest BCUT2D eigenvalue weighted by Gasteiger charge is -2.31. The molecule has 5 heteroatoms. The zero-order valence-corrected chi connectivity index (χ0v) is 11.6. The fourth-order valence-corrected chi connectivity index (χ4v) is 2.17. The largest absolute Gasteiger partial charge is 0.465 e. The van der Waals surface area contributed by atoms with Crippen LogP contribution in [0.4, 0.5) is 0 Å². The number of carbonyl (C=O) groups is 2. The van der Waals surface area contributed by atoms with Crippen LogP contribution in [0.2, 0.25) is 0 Å². The number of likely N-dealkylation sites (tertiary alicyclic amines) is 1. The standard InChI is InChI=1S/C13H23NO4/c1-5-18-12(17)10(13(2,3)4)11(16)14-7-6-9(15)8-14/h9-10,15H,5-8H2,1-4H3. The van der Waals surface area contributed by atoms with Gasteiger partial charge in [-0.2, -0.15) is 0 Å². The van der Waals surface area contributed by atoms with Gasteiger partial charge < -0.3 is 14.7 Å². The number of esters is 1. The van der Waals surface area contributed by atoms with Gasteiger partial charge in [-0.3, -0.25) is 9.59 Å². The molecule has 0 aromatic carbocycles. The predicted molar refractivity (Wildman–Crippen MR) is 66.8 cm³/mol. The molecule has 1 N–H and O–H groups in total. The quantitative estimate of drug-likeness (QED) is 0.600. The molecular formula is C13H23NO4. The Morgan fingerprint density at radius 1 is 1.44 bits per heavy atom. The van der Waals surface area contributed by atoms with Gasteiger partial charge in [-0.1, -0.05) is 20.8 Å². The second kappa shape index (κ2) is 5.69. The molecule has 0 bridgehead atoms. The molecule has 5 nitrogen and oxygen atoms in total. The van der Waals surface area contributed by atoms with Crippen LogP contribution < -0.4 is 0 Å². The third-order valence-electron chi connectivity index (χ3n) is 3.11. The number of hydrogen-bond donors (Lipinski definition) is 1. The summed E-state index contributed by atoms with van der Waals surface area (Å²) < 4.78 is 4.99. The number of amides is 1. The van der Waals surface area contributed by atoms with Crippen molar-refractivity contribution in [3.8, 4) is 0 Å². The highest BCUT2D eigenvalue weighted by Gasteiger charge is 2.42. The second-order valence-electron chi connectivity index (χ2n) is 5.78. The van der Waals surface area contributed by atoms with Crippen molar-refractivity contribution in [2.45, 2.75) is 40.2 Å². The zero-order chi connectivity index (χ0) is 13.9. The number of carbonyl (C=O) groups excluding carboxylic acids is 2. The minimum atomic E-state index is -0.803. The van der Waals surface area contributed by atoms with E-state index >= 15 is 0 Å². The van der Waals surface area contributed by atoms with E-state index in [9.17, 15) is 14.7 Å². The van der Waals surface area contributed by atoms with Crippen molar-refractivity contribution in [1.29, 1.82) is 0 Å². The van der Waals surface area contributed by atoms with E-state index in [2.05, 4.69) is 0 Å². The van der Waals surface area contributed by atoms with Crippen molar-refractivity contribution in [1.82, 2.24) is 4.90 Å². The van der Waals surface area contributed by atoms with Crippen molar-refractivity contribution in [2.24, 2.45) is 11.3 Å². The highest BCUT2D eigenvalue weighted by Crippen LogP contribution is 2.30. The van der Waals surface area contributed by atoms with E-state index in [0.29, 0.717) is 19.5 Å². The Balaban J connectivity index is 2.83. The Morgan fingerprint density at radius 2 is 2.06 bits per heavy atom. The summed E-state index contributed by atoms with van der Waals surface area (Å²) in [6.07, 6.45) is 0.0996.